The first-order valence-corrected chi connectivity index (χ1v) is 7.98. The second-order valence-electron chi connectivity index (χ2n) is 4.00. The Morgan fingerprint density at radius 2 is 2.24 bits per heavy atom. The third-order valence-corrected chi connectivity index (χ3v) is 5.71. The molecule has 2 aromatic heterocycles. The lowest BCUT2D eigenvalue weighted by Crippen LogP contribution is -2.27. The van der Waals surface area contributed by atoms with Crippen LogP contribution in [0.2, 0.25) is 0 Å². The second-order valence-corrected chi connectivity index (χ2v) is 6.99. The summed E-state index contributed by atoms with van der Waals surface area (Å²) in [6.07, 6.45) is 1.26. The highest BCUT2D eigenvalue weighted by Gasteiger charge is 2.27. The summed E-state index contributed by atoms with van der Waals surface area (Å²) in [4.78, 5) is 14.1. The maximum absolute atomic E-state index is 12.2. The van der Waals surface area contributed by atoms with Gasteiger partial charge in [-0.1, -0.05) is 11.3 Å². The van der Waals surface area contributed by atoms with E-state index >= 15 is 0 Å². The van der Waals surface area contributed by atoms with Crippen molar-refractivity contribution in [2.75, 3.05) is 12.4 Å². The number of nitrogens with zero attached hydrogens (tertiary/aromatic N) is 3. The molecular formula is C9H12N6O4S2. The molecule has 0 aliphatic carbocycles. The summed E-state index contributed by atoms with van der Waals surface area (Å²) in [5.74, 6) is 0.346. The van der Waals surface area contributed by atoms with Crippen molar-refractivity contribution in [1.82, 2.24) is 19.9 Å². The van der Waals surface area contributed by atoms with Crippen LogP contribution in [0.4, 0.5) is 10.7 Å². The van der Waals surface area contributed by atoms with E-state index in [0.29, 0.717) is 5.82 Å². The van der Waals surface area contributed by atoms with Gasteiger partial charge < -0.3 is 5.32 Å². The van der Waals surface area contributed by atoms with Gasteiger partial charge in [0.2, 0.25) is 0 Å². The van der Waals surface area contributed by atoms with Gasteiger partial charge in [-0.3, -0.25) is 15.2 Å². The number of thiophene rings is 1. The Morgan fingerprint density at radius 1 is 1.52 bits per heavy atom. The van der Waals surface area contributed by atoms with Crippen molar-refractivity contribution < 1.29 is 13.3 Å². The molecule has 0 aliphatic heterocycles. The summed E-state index contributed by atoms with van der Waals surface area (Å²) in [7, 11) is -2.41. The number of hydrogen-bond acceptors (Lipinski definition) is 8. The number of aromatic nitrogens is 3. The summed E-state index contributed by atoms with van der Waals surface area (Å²) < 4.78 is 26.7. The van der Waals surface area contributed by atoms with Crippen molar-refractivity contribution in [2.24, 2.45) is 0 Å². The second kappa shape index (κ2) is 5.75. The Balaban J connectivity index is 2.29. The molecule has 114 valence electrons. The first kappa shape index (κ1) is 15.3. The van der Waals surface area contributed by atoms with Crippen molar-refractivity contribution in [3.63, 3.8) is 0 Å². The molecule has 10 nitrogen and oxygen atoms in total. The smallest absolute Gasteiger partial charge is 0.304 e. The summed E-state index contributed by atoms with van der Waals surface area (Å²) in [6.45, 7) is 1.58. The van der Waals surface area contributed by atoms with Gasteiger partial charge in [0.05, 0.1) is 11.0 Å². The molecule has 0 aromatic carbocycles. The van der Waals surface area contributed by atoms with E-state index < -0.39 is 21.0 Å². The molecule has 1 unspecified atom stereocenters. The number of nitrogens with one attached hydrogen (secondary N) is 3. The Hall–Kier alpha value is -2.05. The predicted molar refractivity (Wildman–Crippen MR) is 75.6 cm³/mol. The molecule has 3 N–H and O–H groups in total. The summed E-state index contributed by atoms with van der Waals surface area (Å²) >= 11 is 0.785. The molecule has 0 spiro atoms. The summed E-state index contributed by atoms with van der Waals surface area (Å²) in [6, 6.07) is 0.378. The normalized spacial score (nSPS) is 13.0. The molecule has 1 atom stereocenters. The van der Waals surface area contributed by atoms with Gasteiger partial charge in [-0.25, -0.2) is 18.1 Å². The molecule has 0 saturated heterocycles. The number of aromatic amines is 1. The fourth-order valence-corrected chi connectivity index (χ4v) is 4.08. The molecule has 0 fully saturated rings. The lowest BCUT2D eigenvalue weighted by molar-refractivity contribution is -0.383. The van der Waals surface area contributed by atoms with E-state index in [2.05, 4.69) is 25.2 Å². The van der Waals surface area contributed by atoms with Gasteiger partial charge in [-0.15, -0.1) is 0 Å². The number of H-pyrrole nitrogens is 1. The SMILES string of the molecule is CNc1sc(S(=O)(=O)NC(C)c2ncn[nH]2)cc1[N+](=O)[O-]. The minimum Gasteiger partial charge on any atom is -0.374 e. The van der Waals surface area contributed by atoms with E-state index in [1.165, 1.54) is 13.4 Å². The lowest BCUT2D eigenvalue weighted by Gasteiger charge is -2.09. The van der Waals surface area contributed by atoms with Gasteiger partial charge in [0.25, 0.3) is 10.0 Å². The van der Waals surface area contributed by atoms with Crippen LogP contribution in [0.25, 0.3) is 0 Å². The zero-order chi connectivity index (χ0) is 15.6. The highest BCUT2D eigenvalue weighted by molar-refractivity contribution is 7.91. The molecule has 0 amide bonds. The largest absolute Gasteiger partial charge is 0.374 e. The van der Waals surface area contributed by atoms with Crippen molar-refractivity contribution in [2.45, 2.75) is 17.2 Å². The number of nitro groups is 1. The van der Waals surface area contributed by atoms with Gasteiger partial charge >= 0.3 is 5.69 Å². The lowest BCUT2D eigenvalue weighted by atomic mass is 10.3. The Labute approximate surface area is 123 Å². The first-order valence-electron chi connectivity index (χ1n) is 5.68. The van der Waals surface area contributed by atoms with Crippen LogP contribution in [0.15, 0.2) is 16.6 Å². The van der Waals surface area contributed by atoms with Crippen LogP contribution in [-0.4, -0.2) is 35.6 Å². The molecule has 0 saturated carbocycles. The van der Waals surface area contributed by atoms with Crippen molar-refractivity contribution >= 4 is 32.0 Å². The van der Waals surface area contributed by atoms with Gasteiger partial charge in [0.15, 0.2) is 5.00 Å². The van der Waals surface area contributed by atoms with E-state index in [1.807, 2.05) is 0 Å². The zero-order valence-electron chi connectivity index (χ0n) is 11.0. The van der Waals surface area contributed by atoms with Crippen molar-refractivity contribution in [1.29, 1.82) is 0 Å². The number of hydrogen-bond donors (Lipinski definition) is 3. The number of anilines is 1. The van der Waals surface area contributed by atoms with E-state index in [1.54, 1.807) is 6.92 Å². The number of sulfonamides is 1. The third-order valence-electron chi connectivity index (χ3n) is 2.55. The van der Waals surface area contributed by atoms with Crippen molar-refractivity contribution in [3.8, 4) is 0 Å². The average molecular weight is 332 g/mol. The molecule has 2 aromatic rings. The van der Waals surface area contributed by atoms with Gasteiger partial charge in [-0.2, -0.15) is 5.10 Å². The molecule has 0 radical (unpaired) electrons. The molecular weight excluding hydrogens is 320 g/mol. The van der Waals surface area contributed by atoms with Crippen LogP contribution in [0.3, 0.4) is 0 Å². The van der Waals surface area contributed by atoms with Crippen LogP contribution < -0.4 is 10.0 Å². The Bertz CT molecular complexity index is 738. The monoisotopic (exact) mass is 332 g/mol. The van der Waals surface area contributed by atoms with Crippen LogP contribution in [0.5, 0.6) is 0 Å². The fourth-order valence-electron chi connectivity index (χ4n) is 1.58. The topological polar surface area (TPSA) is 143 Å². The summed E-state index contributed by atoms with van der Waals surface area (Å²) in [5.41, 5.74) is -0.282. The van der Waals surface area contributed by atoms with Crippen LogP contribution in [0.1, 0.15) is 18.8 Å². The summed E-state index contributed by atoms with van der Waals surface area (Å²) in [5, 5.41) is 19.8. The quantitative estimate of drug-likeness (QED) is 0.525. The average Bonchev–Trinajstić information content (AvgIpc) is 3.07. The fraction of sp³-hybridized carbons (Fsp3) is 0.333. The van der Waals surface area contributed by atoms with Crippen LogP contribution >= 0.6 is 11.3 Å². The molecule has 0 bridgehead atoms. The Morgan fingerprint density at radius 3 is 2.71 bits per heavy atom. The van der Waals surface area contributed by atoms with E-state index in [-0.39, 0.29) is 14.9 Å². The first-order chi connectivity index (χ1) is 9.85. The molecule has 2 heterocycles. The predicted octanol–water partition coefficient (Wildman–Crippen LogP) is 0.856. The van der Waals surface area contributed by atoms with Gasteiger partial charge in [0.1, 0.15) is 16.4 Å². The molecule has 0 aliphatic rings. The highest BCUT2D eigenvalue weighted by Crippen LogP contribution is 2.36. The van der Waals surface area contributed by atoms with Crippen LogP contribution in [-0.2, 0) is 10.0 Å². The molecule has 2 rings (SSSR count). The maximum atomic E-state index is 12.2. The van der Waals surface area contributed by atoms with E-state index in [9.17, 15) is 18.5 Å². The maximum Gasteiger partial charge on any atom is 0.304 e. The highest BCUT2D eigenvalue weighted by atomic mass is 32.2. The minimum absolute atomic E-state index is 0.148. The standard InChI is InChI=1S/C9H12N6O4S2/c1-5(8-11-4-12-13-8)14-21(18,19)7-3-6(15(16)17)9(10-2)20-7/h3-5,10,14H,1-2H3,(H,11,12,13). The van der Waals surface area contributed by atoms with E-state index in [4.69, 9.17) is 0 Å². The van der Waals surface area contributed by atoms with Crippen molar-refractivity contribution in [3.05, 3.63) is 28.3 Å². The third kappa shape index (κ3) is 3.17. The molecule has 21 heavy (non-hydrogen) atoms. The minimum atomic E-state index is -3.89. The zero-order valence-corrected chi connectivity index (χ0v) is 12.7. The number of rotatable bonds is 6. The van der Waals surface area contributed by atoms with Gasteiger partial charge in [-0.05, 0) is 6.92 Å². The Kier molecular flexibility index (Phi) is 4.20. The van der Waals surface area contributed by atoms with Crippen LogP contribution in [0, 0.1) is 10.1 Å². The molecule has 12 heteroatoms. The van der Waals surface area contributed by atoms with E-state index in [0.717, 1.165) is 17.4 Å². The van der Waals surface area contributed by atoms with Gasteiger partial charge in [0, 0.05) is 13.1 Å².